The molecular formula is C28H26ClN3O6S. The summed E-state index contributed by atoms with van der Waals surface area (Å²) in [4.78, 5) is 54.4. The third kappa shape index (κ3) is 4.90. The predicted octanol–water partition coefficient (Wildman–Crippen LogP) is 5.14. The number of hydrogen-bond acceptors (Lipinski definition) is 7. The Balaban J connectivity index is 1.77. The molecule has 2 fully saturated rings. The number of thiophene rings is 1. The zero-order valence-corrected chi connectivity index (χ0v) is 22.6. The molecule has 3 aromatic rings. The van der Waals surface area contributed by atoms with Crippen molar-refractivity contribution in [3.8, 4) is 5.75 Å². The van der Waals surface area contributed by atoms with Gasteiger partial charge in [0.1, 0.15) is 11.8 Å². The Morgan fingerprint density at radius 1 is 1.08 bits per heavy atom. The summed E-state index contributed by atoms with van der Waals surface area (Å²) in [5, 5.41) is 11.7. The molecule has 2 aliphatic rings. The van der Waals surface area contributed by atoms with Crippen molar-refractivity contribution < 1.29 is 24.0 Å². The van der Waals surface area contributed by atoms with Crippen LogP contribution in [0.3, 0.4) is 0 Å². The van der Waals surface area contributed by atoms with E-state index >= 15 is 0 Å². The maximum atomic E-state index is 14.3. The summed E-state index contributed by atoms with van der Waals surface area (Å²) in [7, 11) is 1.51. The SMILES string of the molecule is COc1cccc(C2C(C(=O)c3ccc(Cl)s3)C(c3cccc([N+](=O)[O-])c3)N(C(=O)C3CCC3)C2C(N)=O)c1. The summed E-state index contributed by atoms with van der Waals surface area (Å²) in [6.45, 7) is 0. The van der Waals surface area contributed by atoms with Crippen LogP contribution in [0.1, 0.15) is 52.0 Å². The molecule has 0 radical (unpaired) electrons. The molecule has 0 spiro atoms. The van der Waals surface area contributed by atoms with Gasteiger partial charge >= 0.3 is 0 Å². The Morgan fingerprint density at radius 2 is 1.79 bits per heavy atom. The van der Waals surface area contributed by atoms with Gasteiger partial charge in [-0.15, -0.1) is 11.3 Å². The van der Waals surface area contributed by atoms with Crippen LogP contribution in [0.5, 0.6) is 5.75 Å². The van der Waals surface area contributed by atoms with Crippen LogP contribution in [0.25, 0.3) is 0 Å². The van der Waals surface area contributed by atoms with Crippen LogP contribution < -0.4 is 10.5 Å². The molecule has 2 amide bonds. The van der Waals surface area contributed by atoms with E-state index in [9.17, 15) is 24.5 Å². The Bertz CT molecular complexity index is 1450. The molecule has 4 unspecified atom stereocenters. The highest BCUT2D eigenvalue weighted by Crippen LogP contribution is 2.53. The summed E-state index contributed by atoms with van der Waals surface area (Å²) in [6.07, 6.45) is 2.19. The fourth-order valence-corrected chi connectivity index (χ4v) is 6.74. The lowest BCUT2D eigenvalue weighted by molar-refractivity contribution is -0.385. The number of amides is 2. The molecule has 1 saturated carbocycles. The number of nitrogens with two attached hydrogens (primary N) is 1. The number of ether oxygens (including phenoxy) is 1. The van der Waals surface area contributed by atoms with Crippen molar-refractivity contribution in [3.05, 3.63) is 91.1 Å². The van der Waals surface area contributed by atoms with Crippen molar-refractivity contribution in [2.45, 2.75) is 37.3 Å². The first-order valence-corrected chi connectivity index (χ1v) is 13.7. The van der Waals surface area contributed by atoms with Crippen LogP contribution in [0, 0.1) is 22.0 Å². The lowest BCUT2D eigenvalue weighted by Crippen LogP contribution is -2.49. The van der Waals surface area contributed by atoms with Gasteiger partial charge in [0.05, 0.1) is 33.2 Å². The third-order valence-electron chi connectivity index (χ3n) is 7.69. The maximum absolute atomic E-state index is 14.3. The number of nitro groups is 1. The minimum atomic E-state index is -1.17. The van der Waals surface area contributed by atoms with Gasteiger partial charge < -0.3 is 15.4 Å². The van der Waals surface area contributed by atoms with Crippen molar-refractivity contribution >= 4 is 46.2 Å². The summed E-state index contributed by atoms with van der Waals surface area (Å²) >= 11 is 7.27. The first kappa shape index (κ1) is 26.8. The summed E-state index contributed by atoms with van der Waals surface area (Å²) < 4.78 is 5.83. The molecule has 1 aromatic heterocycles. The summed E-state index contributed by atoms with van der Waals surface area (Å²) in [5.74, 6) is -2.98. The maximum Gasteiger partial charge on any atom is 0.269 e. The number of likely N-dealkylation sites (tertiary alicyclic amines) is 1. The number of rotatable bonds is 8. The molecule has 2 heterocycles. The van der Waals surface area contributed by atoms with Crippen LogP contribution in [0.15, 0.2) is 60.7 Å². The van der Waals surface area contributed by atoms with Crippen LogP contribution in [0.4, 0.5) is 5.69 Å². The molecule has 202 valence electrons. The standard InChI is InChI=1S/C28H26ClN3O6S/c1-38-19-10-4-7-16(14-19)22-23(26(33)20-11-12-21(29)39-20)24(17-8-3-9-18(13-17)32(36)37)31(25(22)27(30)34)28(35)15-5-2-6-15/h3-4,7-15,22-25H,2,5-6H2,1H3,(H2,30,34). The minimum Gasteiger partial charge on any atom is -0.497 e. The number of hydrogen-bond donors (Lipinski definition) is 1. The molecule has 5 rings (SSSR count). The van der Waals surface area contributed by atoms with E-state index in [-0.39, 0.29) is 23.3 Å². The topological polar surface area (TPSA) is 133 Å². The third-order valence-corrected chi connectivity index (χ3v) is 8.93. The number of Topliss-reactive ketones (excluding diaryl/α,β-unsaturated/α-hetero) is 1. The number of halogens is 1. The first-order chi connectivity index (χ1) is 18.7. The van der Waals surface area contributed by atoms with Gasteiger partial charge in [-0.05, 0) is 48.2 Å². The van der Waals surface area contributed by atoms with Gasteiger partial charge in [0, 0.05) is 24.0 Å². The second-order valence-corrected chi connectivity index (χ2v) is 11.5. The highest BCUT2D eigenvalue weighted by Gasteiger charge is 2.58. The van der Waals surface area contributed by atoms with E-state index in [1.54, 1.807) is 42.5 Å². The fourth-order valence-electron chi connectivity index (χ4n) is 5.71. The van der Waals surface area contributed by atoms with Crippen molar-refractivity contribution in [3.63, 3.8) is 0 Å². The molecule has 0 bridgehead atoms. The molecule has 9 nitrogen and oxygen atoms in total. The van der Waals surface area contributed by atoms with E-state index in [0.29, 0.717) is 38.9 Å². The lowest BCUT2D eigenvalue weighted by Gasteiger charge is -2.36. The monoisotopic (exact) mass is 567 g/mol. The molecule has 11 heteroatoms. The van der Waals surface area contributed by atoms with Crippen LogP contribution in [-0.4, -0.2) is 40.6 Å². The number of carbonyl (C=O) groups is 3. The zero-order chi connectivity index (χ0) is 27.8. The second-order valence-electron chi connectivity index (χ2n) is 9.81. The normalized spacial score (nSPS) is 22.8. The van der Waals surface area contributed by atoms with Gasteiger partial charge in [0.25, 0.3) is 5.69 Å². The Hall–Kier alpha value is -3.76. The molecule has 4 atom stereocenters. The summed E-state index contributed by atoms with van der Waals surface area (Å²) in [6, 6.07) is 13.9. The lowest BCUT2D eigenvalue weighted by atomic mass is 9.77. The highest BCUT2D eigenvalue weighted by atomic mass is 35.5. The number of non-ortho nitro benzene ring substituents is 1. The molecule has 1 saturated heterocycles. The second kappa shape index (κ2) is 10.8. The summed E-state index contributed by atoms with van der Waals surface area (Å²) in [5.41, 5.74) is 6.80. The fraction of sp³-hybridized carbons (Fsp3) is 0.321. The molecule has 1 aliphatic carbocycles. The van der Waals surface area contributed by atoms with Crippen LogP contribution in [-0.2, 0) is 9.59 Å². The van der Waals surface area contributed by atoms with Crippen molar-refractivity contribution in [2.75, 3.05) is 7.11 Å². The molecule has 1 aliphatic heterocycles. The van der Waals surface area contributed by atoms with E-state index in [1.165, 1.54) is 30.2 Å². The first-order valence-electron chi connectivity index (χ1n) is 12.5. The van der Waals surface area contributed by atoms with E-state index in [0.717, 1.165) is 17.8 Å². The largest absolute Gasteiger partial charge is 0.497 e. The van der Waals surface area contributed by atoms with E-state index in [4.69, 9.17) is 22.1 Å². The smallest absolute Gasteiger partial charge is 0.269 e. The average Bonchev–Trinajstić information content (AvgIpc) is 3.49. The Labute approximate surface area is 233 Å². The number of benzene rings is 2. The van der Waals surface area contributed by atoms with E-state index < -0.39 is 34.7 Å². The highest BCUT2D eigenvalue weighted by molar-refractivity contribution is 7.18. The Kier molecular flexibility index (Phi) is 7.42. The number of nitro benzene ring substituents is 1. The number of primary amides is 1. The van der Waals surface area contributed by atoms with Crippen LogP contribution in [0.2, 0.25) is 4.34 Å². The number of nitrogens with zero attached hydrogens (tertiary/aromatic N) is 2. The van der Waals surface area contributed by atoms with Gasteiger partial charge in [-0.25, -0.2) is 0 Å². The molecule has 39 heavy (non-hydrogen) atoms. The Morgan fingerprint density at radius 3 is 2.38 bits per heavy atom. The molecular weight excluding hydrogens is 542 g/mol. The molecule has 2 aromatic carbocycles. The average molecular weight is 568 g/mol. The number of carbonyl (C=O) groups excluding carboxylic acids is 3. The van der Waals surface area contributed by atoms with Crippen LogP contribution >= 0.6 is 22.9 Å². The van der Waals surface area contributed by atoms with Gasteiger partial charge in [-0.3, -0.25) is 24.5 Å². The van der Waals surface area contributed by atoms with Gasteiger partial charge in [0.2, 0.25) is 11.8 Å². The van der Waals surface area contributed by atoms with E-state index in [1.807, 2.05) is 0 Å². The predicted molar refractivity (Wildman–Crippen MR) is 146 cm³/mol. The minimum absolute atomic E-state index is 0.186. The van der Waals surface area contributed by atoms with Crippen molar-refractivity contribution in [2.24, 2.45) is 17.6 Å². The number of methoxy groups -OCH3 is 1. The van der Waals surface area contributed by atoms with Gasteiger partial charge in [-0.1, -0.05) is 42.3 Å². The number of ketones is 1. The quantitative estimate of drug-likeness (QED) is 0.228. The zero-order valence-electron chi connectivity index (χ0n) is 21.0. The van der Waals surface area contributed by atoms with Gasteiger partial charge in [0.15, 0.2) is 5.78 Å². The van der Waals surface area contributed by atoms with Crippen molar-refractivity contribution in [1.82, 2.24) is 4.90 Å². The van der Waals surface area contributed by atoms with Crippen molar-refractivity contribution in [1.29, 1.82) is 0 Å². The van der Waals surface area contributed by atoms with E-state index in [2.05, 4.69) is 0 Å². The van der Waals surface area contributed by atoms with Gasteiger partial charge in [-0.2, -0.15) is 0 Å². The molecule has 2 N–H and O–H groups in total.